The molecule has 0 aliphatic rings. The fraction of sp³-hybridized carbons (Fsp3) is 0.174. The lowest BCUT2D eigenvalue weighted by Gasteiger charge is -2.14. The second-order valence-electron chi connectivity index (χ2n) is 6.43. The van der Waals surface area contributed by atoms with Crippen molar-refractivity contribution in [3.63, 3.8) is 0 Å². The Bertz CT molecular complexity index is 940. The zero-order valence-electron chi connectivity index (χ0n) is 15.9. The minimum atomic E-state index is -0.228. The van der Waals surface area contributed by atoms with Crippen LogP contribution in [0.1, 0.15) is 27.0 Å². The number of halogens is 1. The third kappa shape index (κ3) is 5.05. The molecule has 0 aliphatic heterocycles. The SMILES string of the molecule is COc1cc(C(=O)NCc2ccccc2)cc(Cl)c1OCc1ccc(C)cc1. The molecule has 0 saturated heterocycles. The molecular weight excluding hydrogens is 374 g/mol. The van der Waals surface area contributed by atoms with Crippen molar-refractivity contribution >= 4 is 17.5 Å². The molecule has 28 heavy (non-hydrogen) atoms. The summed E-state index contributed by atoms with van der Waals surface area (Å²) < 4.78 is 11.3. The Hall–Kier alpha value is -2.98. The number of hydrogen-bond acceptors (Lipinski definition) is 3. The molecule has 0 aliphatic carbocycles. The molecule has 3 aromatic rings. The Balaban J connectivity index is 1.71. The van der Waals surface area contributed by atoms with Gasteiger partial charge in [0, 0.05) is 12.1 Å². The van der Waals surface area contributed by atoms with Gasteiger partial charge in [0.1, 0.15) is 6.61 Å². The number of rotatable bonds is 7. The van der Waals surface area contributed by atoms with Crippen LogP contribution in [0.2, 0.25) is 5.02 Å². The van der Waals surface area contributed by atoms with Crippen LogP contribution in [0.25, 0.3) is 0 Å². The van der Waals surface area contributed by atoms with E-state index in [9.17, 15) is 4.79 Å². The number of methoxy groups -OCH3 is 1. The van der Waals surface area contributed by atoms with Gasteiger partial charge in [0.25, 0.3) is 5.91 Å². The normalized spacial score (nSPS) is 10.4. The first kappa shape index (κ1) is 19.8. The van der Waals surface area contributed by atoms with Crippen molar-refractivity contribution in [1.29, 1.82) is 0 Å². The van der Waals surface area contributed by atoms with E-state index in [1.165, 1.54) is 12.7 Å². The number of amides is 1. The molecule has 0 saturated carbocycles. The average Bonchev–Trinajstić information content (AvgIpc) is 2.72. The highest BCUT2D eigenvalue weighted by atomic mass is 35.5. The van der Waals surface area contributed by atoms with E-state index in [0.717, 1.165) is 11.1 Å². The molecule has 144 valence electrons. The van der Waals surface area contributed by atoms with Crippen molar-refractivity contribution in [3.8, 4) is 11.5 Å². The van der Waals surface area contributed by atoms with Gasteiger partial charge in [0.2, 0.25) is 0 Å². The lowest BCUT2D eigenvalue weighted by atomic mass is 10.1. The van der Waals surface area contributed by atoms with E-state index in [4.69, 9.17) is 21.1 Å². The number of benzene rings is 3. The summed E-state index contributed by atoms with van der Waals surface area (Å²) in [7, 11) is 1.52. The Labute approximate surface area is 170 Å². The van der Waals surface area contributed by atoms with Gasteiger partial charge < -0.3 is 14.8 Å². The molecule has 0 spiro atoms. The summed E-state index contributed by atoms with van der Waals surface area (Å²) >= 11 is 6.38. The van der Waals surface area contributed by atoms with Crippen LogP contribution in [0.3, 0.4) is 0 Å². The van der Waals surface area contributed by atoms with Gasteiger partial charge in [-0.15, -0.1) is 0 Å². The molecule has 0 atom stereocenters. The first-order valence-corrected chi connectivity index (χ1v) is 9.32. The van der Waals surface area contributed by atoms with Crippen molar-refractivity contribution < 1.29 is 14.3 Å². The van der Waals surface area contributed by atoms with E-state index in [1.54, 1.807) is 12.1 Å². The summed E-state index contributed by atoms with van der Waals surface area (Å²) in [6.45, 7) is 2.83. The number of nitrogens with one attached hydrogen (secondary N) is 1. The van der Waals surface area contributed by atoms with Gasteiger partial charge >= 0.3 is 0 Å². The number of carbonyl (C=O) groups is 1. The standard InChI is InChI=1S/C23H22ClNO3/c1-16-8-10-18(11-9-16)15-28-22-20(24)12-19(13-21(22)27-2)23(26)25-14-17-6-4-3-5-7-17/h3-13H,14-15H2,1-2H3,(H,25,26). The molecule has 1 N–H and O–H groups in total. The van der Waals surface area contributed by atoms with Gasteiger partial charge in [-0.1, -0.05) is 71.8 Å². The van der Waals surface area contributed by atoms with Crippen LogP contribution in [0, 0.1) is 6.92 Å². The minimum absolute atomic E-state index is 0.228. The van der Waals surface area contributed by atoms with Crippen molar-refractivity contribution in [2.24, 2.45) is 0 Å². The van der Waals surface area contributed by atoms with Gasteiger partial charge in [-0.25, -0.2) is 0 Å². The Morgan fingerprint density at radius 2 is 1.71 bits per heavy atom. The third-order valence-electron chi connectivity index (χ3n) is 4.29. The minimum Gasteiger partial charge on any atom is -0.493 e. The first-order chi connectivity index (χ1) is 13.6. The Morgan fingerprint density at radius 1 is 1.00 bits per heavy atom. The van der Waals surface area contributed by atoms with Crippen LogP contribution >= 0.6 is 11.6 Å². The molecule has 0 bridgehead atoms. The lowest BCUT2D eigenvalue weighted by molar-refractivity contribution is 0.0950. The van der Waals surface area contributed by atoms with Crippen LogP contribution in [0.15, 0.2) is 66.7 Å². The largest absolute Gasteiger partial charge is 0.493 e. The topological polar surface area (TPSA) is 47.6 Å². The molecule has 4 nitrogen and oxygen atoms in total. The van der Waals surface area contributed by atoms with E-state index in [2.05, 4.69) is 5.32 Å². The number of carbonyl (C=O) groups excluding carboxylic acids is 1. The van der Waals surface area contributed by atoms with Crippen LogP contribution in [0.4, 0.5) is 0 Å². The number of ether oxygens (including phenoxy) is 2. The molecule has 3 aromatic carbocycles. The summed E-state index contributed by atoms with van der Waals surface area (Å²) in [6, 6.07) is 21.0. The van der Waals surface area contributed by atoms with Crippen molar-refractivity contribution in [1.82, 2.24) is 5.32 Å². The lowest BCUT2D eigenvalue weighted by Crippen LogP contribution is -2.22. The van der Waals surface area contributed by atoms with Crippen LogP contribution in [-0.4, -0.2) is 13.0 Å². The number of aryl methyl sites for hydroxylation is 1. The maximum absolute atomic E-state index is 12.5. The van der Waals surface area contributed by atoms with Gasteiger partial charge in [0.05, 0.1) is 12.1 Å². The molecule has 0 heterocycles. The smallest absolute Gasteiger partial charge is 0.251 e. The predicted molar refractivity (Wildman–Crippen MR) is 111 cm³/mol. The second kappa shape index (κ2) is 9.29. The summed E-state index contributed by atoms with van der Waals surface area (Å²) in [5.74, 6) is 0.614. The Morgan fingerprint density at radius 3 is 2.39 bits per heavy atom. The number of hydrogen-bond donors (Lipinski definition) is 1. The second-order valence-corrected chi connectivity index (χ2v) is 6.84. The highest BCUT2D eigenvalue weighted by Gasteiger charge is 2.16. The van der Waals surface area contributed by atoms with Gasteiger partial charge in [0.15, 0.2) is 11.5 Å². The maximum Gasteiger partial charge on any atom is 0.251 e. The van der Waals surface area contributed by atoms with E-state index < -0.39 is 0 Å². The van der Waals surface area contributed by atoms with Gasteiger partial charge in [-0.2, -0.15) is 0 Å². The van der Waals surface area contributed by atoms with Crippen LogP contribution in [0.5, 0.6) is 11.5 Å². The molecule has 0 radical (unpaired) electrons. The maximum atomic E-state index is 12.5. The van der Waals surface area contributed by atoms with Crippen molar-refractivity contribution in [3.05, 3.63) is 94.0 Å². The van der Waals surface area contributed by atoms with E-state index in [-0.39, 0.29) is 5.91 Å². The van der Waals surface area contributed by atoms with Crippen LogP contribution < -0.4 is 14.8 Å². The molecule has 0 fully saturated rings. The highest BCUT2D eigenvalue weighted by molar-refractivity contribution is 6.32. The zero-order valence-corrected chi connectivity index (χ0v) is 16.6. The molecule has 5 heteroatoms. The van der Waals surface area contributed by atoms with Crippen molar-refractivity contribution in [2.75, 3.05) is 7.11 Å². The predicted octanol–water partition coefficient (Wildman–Crippen LogP) is 5.17. The van der Waals surface area contributed by atoms with E-state index in [0.29, 0.717) is 35.2 Å². The summed E-state index contributed by atoms with van der Waals surface area (Å²) in [6.07, 6.45) is 0. The van der Waals surface area contributed by atoms with Gasteiger partial charge in [-0.05, 0) is 30.2 Å². The average molecular weight is 396 g/mol. The Kier molecular flexibility index (Phi) is 6.56. The molecular formula is C23H22ClNO3. The first-order valence-electron chi connectivity index (χ1n) is 8.95. The highest BCUT2D eigenvalue weighted by Crippen LogP contribution is 2.37. The molecule has 0 unspecified atom stereocenters. The monoisotopic (exact) mass is 395 g/mol. The fourth-order valence-electron chi connectivity index (χ4n) is 2.71. The zero-order chi connectivity index (χ0) is 19.9. The van der Waals surface area contributed by atoms with Gasteiger partial charge in [-0.3, -0.25) is 4.79 Å². The summed E-state index contributed by atoms with van der Waals surface area (Å²) in [5.41, 5.74) is 3.64. The van der Waals surface area contributed by atoms with Crippen molar-refractivity contribution in [2.45, 2.75) is 20.1 Å². The molecule has 1 amide bonds. The summed E-state index contributed by atoms with van der Waals surface area (Å²) in [5, 5.41) is 3.21. The fourth-order valence-corrected chi connectivity index (χ4v) is 2.98. The molecule has 0 aromatic heterocycles. The van der Waals surface area contributed by atoms with E-state index in [1.807, 2.05) is 61.5 Å². The summed E-state index contributed by atoms with van der Waals surface area (Å²) in [4.78, 5) is 12.5. The molecule has 3 rings (SSSR count). The third-order valence-corrected chi connectivity index (χ3v) is 4.57. The van der Waals surface area contributed by atoms with E-state index >= 15 is 0 Å². The quantitative estimate of drug-likeness (QED) is 0.600. The van der Waals surface area contributed by atoms with Crippen LogP contribution in [-0.2, 0) is 13.2 Å².